The van der Waals surface area contributed by atoms with Gasteiger partial charge in [0, 0.05) is 12.6 Å². The Labute approximate surface area is 112 Å². The summed E-state index contributed by atoms with van der Waals surface area (Å²) in [6.45, 7) is 3.02. The van der Waals surface area contributed by atoms with Crippen molar-refractivity contribution in [2.24, 2.45) is 5.41 Å². The molecule has 1 aromatic rings. The Hall–Kier alpha value is -1.85. The van der Waals surface area contributed by atoms with Crippen molar-refractivity contribution in [2.75, 3.05) is 18.5 Å². The van der Waals surface area contributed by atoms with Crippen LogP contribution in [0.1, 0.15) is 32.6 Å². The van der Waals surface area contributed by atoms with Crippen molar-refractivity contribution in [2.45, 2.75) is 32.6 Å². The van der Waals surface area contributed by atoms with E-state index in [1.807, 2.05) is 6.92 Å². The lowest BCUT2D eigenvalue weighted by atomic mass is 9.69. The van der Waals surface area contributed by atoms with Crippen LogP contribution in [0.2, 0.25) is 0 Å². The van der Waals surface area contributed by atoms with Crippen LogP contribution < -0.4 is 10.1 Å². The molecule has 0 unspecified atom stereocenters. The minimum atomic E-state index is -0.734. The summed E-state index contributed by atoms with van der Waals surface area (Å²) in [6, 6.07) is 1.70. The molecule has 1 aromatic heterocycles. The topological polar surface area (TPSA) is 84.3 Å². The van der Waals surface area contributed by atoms with E-state index in [2.05, 4.69) is 15.3 Å². The fourth-order valence-electron chi connectivity index (χ4n) is 2.05. The first-order valence-electron chi connectivity index (χ1n) is 6.58. The summed E-state index contributed by atoms with van der Waals surface area (Å²) in [5.41, 5.74) is -0.630. The Balaban J connectivity index is 1.93. The van der Waals surface area contributed by atoms with Crippen LogP contribution in [0.4, 0.5) is 5.82 Å². The van der Waals surface area contributed by atoms with Crippen molar-refractivity contribution in [3.05, 3.63) is 12.4 Å². The van der Waals surface area contributed by atoms with Gasteiger partial charge in [0.05, 0.1) is 12.0 Å². The number of aromatic nitrogens is 2. The standard InChI is InChI=1S/C13H19N3O3/c1-2-6-19-11-7-10(15-9-16-11)14-8-13(12(17)18)4-3-5-13/h7,9H,2-6,8H2,1H3,(H,17,18)(H,14,15,16). The van der Waals surface area contributed by atoms with Gasteiger partial charge in [-0.25, -0.2) is 9.97 Å². The molecule has 0 atom stereocenters. The first-order chi connectivity index (χ1) is 9.16. The lowest BCUT2D eigenvalue weighted by Gasteiger charge is -2.37. The summed E-state index contributed by atoms with van der Waals surface area (Å²) in [6.07, 6.45) is 4.75. The van der Waals surface area contributed by atoms with Gasteiger partial charge in [0.2, 0.25) is 5.88 Å². The average Bonchev–Trinajstić information content (AvgIpc) is 2.35. The fourth-order valence-corrected chi connectivity index (χ4v) is 2.05. The Morgan fingerprint density at radius 3 is 2.89 bits per heavy atom. The molecule has 0 aliphatic heterocycles. The zero-order chi connectivity index (χ0) is 13.7. The molecule has 1 aliphatic carbocycles. The second-order valence-corrected chi connectivity index (χ2v) is 4.88. The molecule has 0 aromatic carbocycles. The summed E-state index contributed by atoms with van der Waals surface area (Å²) in [5, 5.41) is 12.3. The molecular weight excluding hydrogens is 246 g/mol. The number of carbonyl (C=O) groups is 1. The number of nitrogens with zero attached hydrogens (tertiary/aromatic N) is 2. The van der Waals surface area contributed by atoms with E-state index in [9.17, 15) is 9.90 Å². The lowest BCUT2D eigenvalue weighted by Crippen LogP contribution is -2.43. The van der Waals surface area contributed by atoms with Crippen molar-refractivity contribution in [1.29, 1.82) is 0 Å². The molecule has 1 aliphatic rings. The van der Waals surface area contributed by atoms with Gasteiger partial charge in [0.25, 0.3) is 0 Å². The van der Waals surface area contributed by atoms with Crippen LogP contribution in [0, 0.1) is 5.41 Å². The van der Waals surface area contributed by atoms with Crippen molar-refractivity contribution >= 4 is 11.8 Å². The third-order valence-electron chi connectivity index (χ3n) is 3.47. The normalized spacial score (nSPS) is 16.5. The van der Waals surface area contributed by atoms with Crippen LogP contribution in [0.5, 0.6) is 5.88 Å². The number of rotatable bonds is 7. The molecule has 1 fully saturated rings. The summed E-state index contributed by atoms with van der Waals surface area (Å²) in [5.74, 6) is 0.383. The second kappa shape index (κ2) is 5.86. The molecule has 19 heavy (non-hydrogen) atoms. The zero-order valence-electron chi connectivity index (χ0n) is 11.1. The number of nitrogens with one attached hydrogen (secondary N) is 1. The lowest BCUT2D eigenvalue weighted by molar-refractivity contribution is -0.153. The van der Waals surface area contributed by atoms with Crippen LogP contribution in [-0.2, 0) is 4.79 Å². The molecule has 0 radical (unpaired) electrons. The van der Waals surface area contributed by atoms with Crippen LogP contribution in [-0.4, -0.2) is 34.2 Å². The van der Waals surface area contributed by atoms with Gasteiger partial charge in [-0.1, -0.05) is 13.3 Å². The fraction of sp³-hybridized carbons (Fsp3) is 0.615. The second-order valence-electron chi connectivity index (χ2n) is 4.88. The monoisotopic (exact) mass is 265 g/mol. The molecule has 6 nitrogen and oxygen atoms in total. The third-order valence-corrected chi connectivity index (χ3v) is 3.47. The Morgan fingerprint density at radius 2 is 2.32 bits per heavy atom. The Morgan fingerprint density at radius 1 is 1.53 bits per heavy atom. The van der Waals surface area contributed by atoms with Gasteiger partial charge in [-0.15, -0.1) is 0 Å². The number of hydrogen-bond acceptors (Lipinski definition) is 5. The predicted molar refractivity (Wildman–Crippen MR) is 70.2 cm³/mol. The van der Waals surface area contributed by atoms with Crippen molar-refractivity contribution in [1.82, 2.24) is 9.97 Å². The van der Waals surface area contributed by atoms with E-state index in [1.165, 1.54) is 6.33 Å². The summed E-state index contributed by atoms with van der Waals surface area (Å²) in [4.78, 5) is 19.3. The number of anilines is 1. The van der Waals surface area contributed by atoms with Gasteiger partial charge in [-0.05, 0) is 19.3 Å². The maximum absolute atomic E-state index is 11.2. The molecule has 104 valence electrons. The van der Waals surface area contributed by atoms with E-state index in [1.54, 1.807) is 6.07 Å². The first-order valence-corrected chi connectivity index (χ1v) is 6.58. The van der Waals surface area contributed by atoms with E-state index in [0.29, 0.717) is 24.8 Å². The summed E-state index contributed by atoms with van der Waals surface area (Å²) >= 11 is 0. The summed E-state index contributed by atoms with van der Waals surface area (Å²) in [7, 11) is 0. The highest BCUT2D eigenvalue weighted by Gasteiger charge is 2.44. The summed E-state index contributed by atoms with van der Waals surface area (Å²) < 4.78 is 5.41. The molecule has 6 heteroatoms. The molecule has 2 rings (SSSR count). The SMILES string of the molecule is CCCOc1cc(NCC2(C(=O)O)CCC2)ncn1. The van der Waals surface area contributed by atoms with Gasteiger partial charge in [-0.3, -0.25) is 4.79 Å². The van der Waals surface area contributed by atoms with Crippen LogP contribution >= 0.6 is 0 Å². The Bertz CT molecular complexity index is 447. The molecule has 0 bridgehead atoms. The van der Waals surface area contributed by atoms with Crippen LogP contribution in [0.15, 0.2) is 12.4 Å². The highest BCUT2D eigenvalue weighted by Crippen LogP contribution is 2.41. The minimum Gasteiger partial charge on any atom is -0.481 e. The molecule has 0 amide bonds. The van der Waals surface area contributed by atoms with Gasteiger partial charge in [0.15, 0.2) is 0 Å². The smallest absolute Gasteiger partial charge is 0.311 e. The van der Waals surface area contributed by atoms with Crippen molar-refractivity contribution in [3.8, 4) is 5.88 Å². The minimum absolute atomic E-state index is 0.395. The molecule has 0 spiro atoms. The molecule has 2 N–H and O–H groups in total. The maximum Gasteiger partial charge on any atom is 0.311 e. The van der Waals surface area contributed by atoms with Crippen LogP contribution in [0.25, 0.3) is 0 Å². The van der Waals surface area contributed by atoms with Crippen molar-refractivity contribution in [3.63, 3.8) is 0 Å². The predicted octanol–water partition coefficient (Wildman–Crippen LogP) is 1.93. The number of hydrogen-bond donors (Lipinski definition) is 2. The van der Waals surface area contributed by atoms with Gasteiger partial charge < -0.3 is 15.2 Å². The van der Waals surface area contributed by atoms with Gasteiger partial charge in [-0.2, -0.15) is 0 Å². The molecular formula is C13H19N3O3. The van der Waals surface area contributed by atoms with E-state index in [0.717, 1.165) is 25.7 Å². The van der Waals surface area contributed by atoms with Crippen LogP contribution in [0.3, 0.4) is 0 Å². The number of ether oxygens (including phenoxy) is 1. The average molecular weight is 265 g/mol. The van der Waals surface area contributed by atoms with E-state index >= 15 is 0 Å². The number of aliphatic carboxylic acids is 1. The van der Waals surface area contributed by atoms with E-state index < -0.39 is 11.4 Å². The van der Waals surface area contributed by atoms with Gasteiger partial charge in [0.1, 0.15) is 12.1 Å². The van der Waals surface area contributed by atoms with E-state index in [4.69, 9.17) is 4.74 Å². The maximum atomic E-state index is 11.2. The molecule has 1 heterocycles. The quantitative estimate of drug-likeness (QED) is 0.783. The Kier molecular flexibility index (Phi) is 4.19. The van der Waals surface area contributed by atoms with E-state index in [-0.39, 0.29) is 0 Å². The number of carboxylic acid groups (broad SMARTS) is 1. The number of carboxylic acids is 1. The van der Waals surface area contributed by atoms with Crippen molar-refractivity contribution < 1.29 is 14.6 Å². The first kappa shape index (κ1) is 13.6. The molecule has 0 saturated heterocycles. The molecule has 1 saturated carbocycles. The largest absolute Gasteiger partial charge is 0.481 e. The zero-order valence-corrected chi connectivity index (χ0v) is 11.1. The highest BCUT2D eigenvalue weighted by molar-refractivity contribution is 5.76. The highest BCUT2D eigenvalue weighted by atomic mass is 16.5. The third kappa shape index (κ3) is 3.13. The van der Waals surface area contributed by atoms with Gasteiger partial charge >= 0.3 is 5.97 Å².